The Kier molecular flexibility index (Phi) is 8.08. The molecule has 1 atom stereocenters. The van der Waals surface area contributed by atoms with E-state index in [0.717, 1.165) is 18.6 Å². The number of thiophene rings is 1. The van der Waals surface area contributed by atoms with Gasteiger partial charge < -0.3 is 25.2 Å². The van der Waals surface area contributed by atoms with Crippen molar-refractivity contribution in [2.24, 2.45) is 0 Å². The number of piperidine rings is 1. The highest BCUT2D eigenvalue weighted by molar-refractivity contribution is 7.21. The number of pyridine rings is 1. The average molecular weight is 597 g/mol. The van der Waals surface area contributed by atoms with E-state index in [1.54, 1.807) is 28.1 Å². The van der Waals surface area contributed by atoms with Crippen molar-refractivity contribution in [2.45, 2.75) is 18.9 Å². The lowest BCUT2D eigenvalue weighted by Gasteiger charge is -2.32. The van der Waals surface area contributed by atoms with Crippen molar-refractivity contribution in [2.75, 3.05) is 43.9 Å². The second-order valence-electron chi connectivity index (χ2n) is 10.8. The van der Waals surface area contributed by atoms with E-state index < -0.39 is 0 Å². The first-order valence-corrected chi connectivity index (χ1v) is 15.0. The van der Waals surface area contributed by atoms with Gasteiger partial charge in [-0.3, -0.25) is 14.5 Å². The summed E-state index contributed by atoms with van der Waals surface area (Å²) in [7, 11) is 3.89. The van der Waals surface area contributed by atoms with Gasteiger partial charge in [0.25, 0.3) is 5.91 Å². The molecule has 10 nitrogen and oxygen atoms in total. The number of hydrogen-bond donors (Lipinski definition) is 2. The smallest absolute Gasteiger partial charge is 0.331 e. The lowest BCUT2D eigenvalue weighted by atomic mass is 10.1. The molecule has 2 aliphatic heterocycles. The number of anilines is 3. The number of nitrogens with one attached hydrogen (secondary N) is 2. The molecule has 4 amide bonds. The molecule has 0 radical (unpaired) electrons. The van der Waals surface area contributed by atoms with Crippen molar-refractivity contribution in [1.29, 1.82) is 0 Å². The number of urea groups is 1. The fourth-order valence-corrected chi connectivity index (χ4v) is 6.33. The molecular formula is C32H32N6O4S. The van der Waals surface area contributed by atoms with Crippen LogP contribution in [0.1, 0.15) is 22.5 Å². The normalized spacial score (nSPS) is 16.5. The van der Waals surface area contributed by atoms with Gasteiger partial charge in [-0.25, -0.2) is 9.78 Å². The van der Waals surface area contributed by atoms with Crippen LogP contribution in [0.3, 0.4) is 0 Å². The number of carbonyl (C=O) groups is 3. The number of hydrogen-bond acceptors (Lipinski definition) is 7. The Labute approximate surface area is 253 Å². The highest BCUT2D eigenvalue weighted by atomic mass is 32.1. The van der Waals surface area contributed by atoms with E-state index in [0.29, 0.717) is 57.5 Å². The Hall–Kier alpha value is -4.74. The zero-order valence-corrected chi connectivity index (χ0v) is 24.8. The Morgan fingerprint density at radius 1 is 1.12 bits per heavy atom. The Morgan fingerprint density at radius 2 is 1.88 bits per heavy atom. The number of para-hydroxylation sites is 1. The summed E-state index contributed by atoms with van der Waals surface area (Å²) in [4.78, 5) is 50.5. The molecule has 2 aliphatic rings. The van der Waals surface area contributed by atoms with Gasteiger partial charge in [0, 0.05) is 37.9 Å². The van der Waals surface area contributed by atoms with Crippen molar-refractivity contribution in [3.63, 3.8) is 0 Å². The maximum absolute atomic E-state index is 13.5. The van der Waals surface area contributed by atoms with Crippen molar-refractivity contribution in [3.8, 4) is 11.5 Å². The predicted molar refractivity (Wildman–Crippen MR) is 168 cm³/mol. The molecule has 43 heavy (non-hydrogen) atoms. The van der Waals surface area contributed by atoms with Gasteiger partial charge in [0.1, 0.15) is 21.2 Å². The summed E-state index contributed by atoms with van der Waals surface area (Å²) in [6, 6.07) is 18.0. The third-order valence-corrected chi connectivity index (χ3v) is 8.42. The van der Waals surface area contributed by atoms with E-state index >= 15 is 0 Å². The van der Waals surface area contributed by atoms with Gasteiger partial charge in [-0.2, -0.15) is 0 Å². The Morgan fingerprint density at radius 3 is 2.65 bits per heavy atom. The van der Waals surface area contributed by atoms with Crippen molar-refractivity contribution in [3.05, 3.63) is 83.9 Å². The van der Waals surface area contributed by atoms with Crippen LogP contribution in [0.15, 0.2) is 79.0 Å². The number of benzene rings is 2. The molecule has 0 bridgehead atoms. The molecule has 0 unspecified atom stereocenters. The van der Waals surface area contributed by atoms with Crippen LogP contribution in [0.5, 0.6) is 11.5 Å². The second kappa shape index (κ2) is 12.2. The summed E-state index contributed by atoms with van der Waals surface area (Å²) in [6.07, 6.45) is 6.65. The summed E-state index contributed by atoms with van der Waals surface area (Å²) in [5.41, 5.74) is 1.76. The van der Waals surface area contributed by atoms with Crippen LogP contribution in [0.4, 0.5) is 21.9 Å². The quantitative estimate of drug-likeness (QED) is 0.256. The molecule has 1 saturated heterocycles. The standard InChI is InChI=1S/C32H32N6O4S/c1-36(2)18-7-11-26(39)37-19-6-8-21(20-37)34-30(40)29-28-27-25(16-17-33-31(27)43-29)38(32(41)35-28)22-12-14-24(15-13-22)42-23-9-4-3-5-10-23/h3-5,7,9-17,21H,6,8,18-20H2,1-2H3,(H,34,40)(H,35,41)/b11-7+/t21-/m1/s1. The topological polar surface area (TPSA) is 107 Å². The summed E-state index contributed by atoms with van der Waals surface area (Å²) < 4.78 is 5.90. The third kappa shape index (κ3) is 6.08. The first kappa shape index (κ1) is 28.4. The zero-order chi connectivity index (χ0) is 29.9. The predicted octanol–water partition coefficient (Wildman–Crippen LogP) is 5.61. The lowest BCUT2D eigenvalue weighted by molar-refractivity contribution is -0.127. The van der Waals surface area contributed by atoms with Gasteiger partial charge in [0.05, 0.1) is 22.4 Å². The van der Waals surface area contributed by atoms with Gasteiger partial charge in [-0.15, -0.1) is 11.3 Å². The van der Waals surface area contributed by atoms with E-state index in [4.69, 9.17) is 4.74 Å². The summed E-state index contributed by atoms with van der Waals surface area (Å²) in [6.45, 7) is 1.77. The highest BCUT2D eigenvalue weighted by Crippen LogP contribution is 2.46. The van der Waals surface area contributed by atoms with Crippen LogP contribution < -0.4 is 20.3 Å². The van der Waals surface area contributed by atoms with E-state index in [1.165, 1.54) is 11.3 Å². The maximum Gasteiger partial charge on any atom is 0.331 e. The second-order valence-corrected chi connectivity index (χ2v) is 11.8. The average Bonchev–Trinajstić information content (AvgIpc) is 3.38. The number of rotatable bonds is 8. The molecule has 220 valence electrons. The number of carbonyl (C=O) groups excluding carboxylic acids is 3. The number of nitrogens with zero attached hydrogens (tertiary/aromatic N) is 4. The van der Waals surface area contributed by atoms with Crippen LogP contribution in [0.25, 0.3) is 10.2 Å². The van der Waals surface area contributed by atoms with Gasteiger partial charge in [0.15, 0.2) is 0 Å². The molecule has 4 aromatic rings. The Balaban J connectivity index is 1.20. The molecule has 0 spiro atoms. The van der Waals surface area contributed by atoms with Crippen LogP contribution in [-0.4, -0.2) is 72.4 Å². The Bertz CT molecular complexity index is 1690. The minimum absolute atomic E-state index is 0.0568. The van der Waals surface area contributed by atoms with Gasteiger partial charge >= 0.3 is 6.03 Å². The van der Waals surface area contributed by atoms with E-state index in [2.05, 4.69) is 15.6 Å². The van der Waals surface area contributed by atoms with Crippen LogP contribution >= 0.6 is 11.3 Å². The number of likely N-dealkylation sites (tertiary alicyclic amines) is 1. The number of ether oxygens (including phenoxy) is 1. The summed E-state index contributed by atoms with van der Waals surface area (Å²) in [5.74, 6) is 1.02. The van der Waals surface area contributed by atoms with Crippen molar-refractivity contribution >= 4 is 56.5 Å². The molecule has 11 heteroatoms. The molecule has 6 rings (SSSR count). The molecule has 2 aromatic carbocycles. The maximum atomic E-state index is 13.5. The van der Waals surface area contributed by atoms with Crippen LogP contribution in [0, 0.1) is 0 Å². The fraction of sp³-hybridized carbons (Fsp3) is 0.250. The van der Waals surface area contributed by atoms with Gasteiger partial charge in [0.2, 0.25) is 5.91 Å². The van der Waals surface area contributed by atoms with Crippen molar-refractivity contribution < 1.29 is 19.1 Å². The SMILES string of the molecule is CN(C)C/C=C/C(=O)N1CCC[C@@H](NC(=O)c2sc3nccc4c3c2NC(=O)N4c2ccc(Oc3ccccc3)cc2)C1. The number of aromatic nitrogens is 1. The molecule has 2 aromatic heterocycles. The molecular weight excluding hydrogens is 564 g/mol. The van der Waals surface area contributed by atoms with Gasteiger partial charge in [-0.05, 0) is 69.4 Å². The largest absolute Gasteiger partial charge is 0.457 e. The molecule has 4 heterocycles. The first-order chi connectivity index (χ1) is 20.9. The minimum Gasteiger partial charge on any atom is -0.457 e. The monoisotopic (exact) mass is 596 g/mol. The van der Waals surface area contributed by atoms with E-state index in [9.17, 15) is 14.4 Å². The zero-order valence-electron chi connectivity index (χ0n) is 23.9. The first-order valence-electron chi connectivity index (χ1n) is 14.1. The molecule has 2 N–H and O–H groups in total. The lowest BCUT2D eigenvalue weighted by Crippen LogP contribution is -2.49. The molecule has 0 aliphatic carbocycles. The summed E-state index contributed by atoms with van der Waals surface area (Å²) in [5, 5.41) is 6.75. The van der Waals surface area contributed by atoms with E-state index in [1.807, 2.05) is 79.7 Å². The number of likely N-dealkylation sites (N-methyl/N-ethyl adjacent to an activating group) is 1. The van der Waals surface area contributed by atoms with Crippen molar-refractivity contribution in [1.82, 2.24) is 20.1 Å². The minimum atomic E-state index is -0.372. The number of amides is 4. The molecule has 0 saturated carbocycles. The van der Waals surface area contributed by atoms with E-state index in [-0.39, 0.29) is 23.9 Å². The molecule has 1 fully saturated rings. The van der Waals surface area contributed by atoms with Crippen LogP contribution in [-0.2, 0) is 4.79 Å². The highest BCUT2D eigenvalue weighted by Gasteiger charge is 2.33. The fourth-order valence-electron chi connectivity index (χ4n) is 5.30. The summed E-state index contributed by atoms with van der Waals surface area (Å²) >= 11 is 1.24. The van der Waals surface area contributed by atoms with Crippen LogP contribution in [0.2, 0.25) is 0 Å². The van der Waals surface area contributed by atoms with Gasteiger partial charge in [-0.1, -0.05) is 24.3 Å². The third-order valence-electron chi connectivity index (χ3n) is 7.33.